The molecule has 0 bridgehead atoms. The minimum Gasteiger partial charge on any atom is -0.389 e. The molecule has 1 saturated heterocycles. The highest BCUT2D eigenvalue weighted by molar-refractivity contribution is 5.14. The lowest BCUT2D eigenvalue weighted by molar-refractivity contribution is 0.0741. The fourth-order valence-corrected chi connectivity index (χ4v) is 2.86. The molecule has 2 N–H and O–H groups in total. The van der Waals surface area contributed by atoms with Gasteiger partial charge in [0.05, 0.1) is 37.1 Å². The topological polar surface area (TPSA) is 72.2 Å². The summed E-state index contributed by atoms with van der Waals surface area (Å²) < 4.78 is 7.57. The van der Waals surface area contributed by atoms with E-state index >= 15 is 0 Å². The van der Waals surface area contributed by atoms with E-state index in [1.54, 1.807) is 4.68 Å². The molecule has 3 atom stereocenters. The molecule has 1 aromatic heterocycles. The summed E-state index contributed by atoms with van der Waals surface area (Å²) >= 11 is 0. The Balaban J connectivity index is 1.62. The number of nitrogens with one attached hydrogen (secondary N) is 1. The van der Waals surface area contributed by atoms with Gasteiger partial charge in [-0.2, -0.15) is 0 Å². The summed E-state index contributed by atoms with van der Waals surface area (Å²) in [5.41, 5.74) is 2.11. The predicted octanol–water partition coefficient (Wildman–Crippen LogP) is 1.49. The lowest BCUT2D eigenvalue weighted by atomic mass is 9.93. The first kappa shape index (κ1) is 17.1. The van der Waals surface area contributed by atoms with Gasteiger partial charge in [-0.25, -0.2) is 4.68 Å². The second kappa shape index (κ2) is 7.01. The predicted molar refractivity (Wildman–Crippen MR) is 91.5 cm³/mol. The standard InChI is InChI=1S/C18H26N4O2/c1-18(2,3)16-11-22(21-20-16)10-15-17(14(23)12-24-15)19-9-13-7-5-4-6-8-13/h4-8,11,14-15,17,19,23H,9-10,12H2,1-3H3/t14-,15+,17+/m0/s1. The van der Waals surface area contributed by atoms with Crippen molar-refractivity contribution in [2.75, 3.05) is 6.61 Å². The number of hydrogen-bond acceptors (Lipinski definition) is 5. The van der Waals surface area contributed by atoms with E-state index in [1.807, 2.05) is 24.4 Å². The molecular weight excluding hydrogens is 304 g/mol. The molecule has 6 heteroatoms. The average molecular weight is 330 g/mol. The van der Waals surface area contributed by atoms with Gasteiger partial charge in [0.2, 0.25) is 0 Å². The molecule has 3 rings (SSSR count). The first-order chi connectivity index (χ1) is 11.4. The maximum Gasteiger partial charge on any atom is 0.0952 e. The van der Waals surface area contributed by atoms with Crippen molar-refractivity contribution < 1.29 is 9.84 Å². The Morgan fingerprint density at radius 1 is 1.29 bits per heavy atom. The van der Waals surface area contributed by atoms with Crippen LogP contribution in [0.1, 0.15) is 32.0 Å². The number of aliphatic hydroxyl groups excluding tert-OH is 1. The van der Waals surface area contributed by atoms with Crippen molar-refractivity contribution in [2.24, 2.45) is 0 Å². The average Bonchev–Trinajstić information content (AvgIpc) is 3.14. The highest BCUT2D eigenvalue weighted by Gasteiger charge is 2.36. The van der Waals surface area contributed by atoms with Crippen molar-refractivity contribution in [3.63, 3.8) is 0 Å². The molecule has 0 saturated carbocycles. The van der Waals surface area contributed by atoms with Crippen molar-refractivity contribution in [1.29, 1.82) is 0 Å². The molecule has 6 nitrogen and oxygen atoms in total. The van der Waals surface area contributed by atoms with Crippen LogP contribution in [0.5, 0.6) is 0 Å². The smallest absolute Gasteiger partial charge is 0.0952 e. The molecule has 2 aromatic rings. The Kier molecular flexibility index (Phi) is 4.99. The summed E-state index contributed by atoms with van der Waals surface area (Å²) in [6, 6.07) is 10.0. The number of aromatic nitrogens is 3. The van der Waals surface area contributed by atoms with E-state index < -0.39 is 6.10 Å². The van der Waals surface area contributed by atoms with E-state index in [4.69, 9.17) is 4.74 Å². The number of aliphatic hydroxyl groups is 1. The van der Waals surface area contributed by atoms with E-state index in [2.05, 4.69) is 48.5 Å². The molecule has 1 aliphatic heterocycles. The van der Waals surface area contributed by atoms with Crippen molar-refractivity contribution >= 4 is 0 Å². The van der Waals surface area contributed by atoms with Gasteiger partial charge < -0.3 is 15.2 Å². The van der Waals surface area contributed by atoms with Crippen LogP contribution < -0.4 is 5.32 Å². The fourth-order valence-electron chi connectivity index (χ4n) is 2.86. The summed E-state index contributed by atoms with van der Waals surface area (Å²) in [6.45, 7) is 7.96. The van der Waals surface area contributed by atoms with E-state index in [0.717, 1.165) is 5.69 Å². The van der Waals surface area contributed by atoms with Crippen molar-refractivity contribution in [3.05, 3.63) is 47.8 Å². The van der Waals surface area contributed by atoms with Crippen LogP contribution in [0.15, 0.2) is 36.5 Å². The minimum absolute atomic E-state index is 0.0285. The monoisotopic (exact) mass is 330 g/mol. The summed E-state index contributed by atoms with van der Waals surface area (Å²) in [5, 5.41) is 22.1. The Morgan fingerprint density at radius 2 is 2.04 bits per heavy atom. The summed E-state index contributed by atoms with van der Waals surface area (Å²) in [4.78, 5) is 0. The van der Waals surface area contributed by atoms with Crippen LogP contribution in [-0.4, -0.2) is 45.0 Å². The molecule has 24 heavy (non-hydrogen) atoms. The maximum absolute atomic E-state index is 10.2. The Morgan fingerprint density at radius 3 is 2.71 bits per heavy atom. The van der Waals surface area contributed by atoms with Gasteiger partial charge >= 0.3 is 0 Å². The van der Waals surface area contributed by atoms with Crippen molar-refractivity contribution in [3.8, 4) is 0 Å². The van der Waals surface area contributed by atoms with Gasteiger partial charge in [0.1, 0.15) is 0 Å². The van der Waals surface area contributed by atoms with Crippen molar-refractivity contribution in [2.45, 2.75) is 57.5 Å². The molecule has 0 spiro atoms. The molecule has 0 amide bonds. The molecule has 1 aliphatic rings. The lowest BCUT2D eigenvalue weighted by Gasteiger charge is -2.21. The minimum atomic E-state index is -0.510. The Bertz CT molecular complexity index is 651. The largest absolute Gasteiger partial charge is 0.389 e. The molecule has 1 aromatic carbocycles. The second-order valence-electron chi connectivity index (χ2n) is 7.41. The number of rotatable bonds is 5. The van der Waals surface area contributed by atoms with Crippen LogP contribution in [0.2, 0.25) is 0 Å². The highest BCUT2D eigenvalue weighted by atomic mass is 16.5. The van der Waals surface area contributed by atoms with Crippen molar-refractivity contribution in [1.82, 2.24) is 20.3 Å². The fraction of sp³-hybridized carbons (Fsp3) is 0.556. The van der Waals surface area contributed by atoms with E-state index in [1.165, 1.54) is 5.56 Å². The molecule has 0 aliphatic carbocycles. The van der Waals surface area contributed by atoms with E-state index in [-0.39, 0.29) is 17.6 Å². The van der Waals surface area contributed by atoms with Gasteiger partial charge in [0, 0.05) is 18.2 Å². The molecular formula is C18H26N4O2. The Hall–Kier alpha value is -1.76. The summed E-state index contributed by atoms with van der Waals surface area (Å²) in [6.07, 6.45) is 1.32. The zero-order valence-electron chi connectivity index (χ0n) is 14.5. The summed E-state index contributed by atoms with van der Waals surface area (Å²) in [5.74, 6) is 0. The number of benzene rings is 1. The third-order valence-corrected chi connectivity index (χ3v) is 4.35. The molecule has 0 radical (unpaired) electrons. The lowest BCUT2D eigenvalue weighted by Crippen LogP contribution is -2.45. The first-order valence-corrected chi connectivity index (χ1v) is 8.41. The molecule has 130 valence electrons. The quantitative estimate of drug-likeness (QED) is 0.869. The van der Waals surface area contributed by atoms with Gasteiger partial charge in [0.25, 0.3) is 0 Å². The number of ether oxygens (including phenoxy) is 1. The van der Waals surface area contributed by atoms with E-state index in [9.17, 15) is 5.11 Å². The van der Waals surface area contributed by atoms with Gasteiger partial charge in [-0.15, -0.1) is 5.10 Å². The highest BCUT2D eigenvalue weighted by Crippen LogP contribution is 2.21. The third kappa shape index (κ3) is 4.01. The van der Waals surface area contributed by atoms with E-state index in [0.29, 0.717) is 19.7 Å². The summed E-state index contributed by atoms with van der Waals surface area (Å²) in [7, 11) is 0. The zero-order chi connectivity index (χ0) is 17.2. The molecule has 2 heterocycles. The van der Waals surface area contributed by atoms with Crippen LogP contribution in [0.3, 0.4) is 0 Å². The SMILES string of the molecule is CC(C)(C)c1cn(C[C@H]2OC[C@H](O)[C@H]2NCc2ccccc2)nn1. The van der Waals surface area contributed by atoms with Gasteiger partial charge in [-0.3, -0.25) is 0 Å². The van der Waals surface area contributed by atoms with Crippen LogP contribution >= 0.6 is 0 Å². The molecule has 1 fully saturated rings. The van der Waals surface area contributed by atoms with Crippen LogP contribution in [-0.2, 0) is 23.2 Å². The number of hydrogen-bond donors (Lipinski definition) is 2. The molecule has 0 unspecified atom stereocenters. The van der Waals surface area contributed by atoms with Gasteiger partial charge in [0.15, 0.2) is 0 Å². The third-order valence-electron chi connectivity index (χ3n) is 4.35. The van der Waals surface area contributed by atoms with Crippen LogP contribution in [0, 0.1) is 0 Å². The van der Waals surface area contributed by atoms with Gasteiger partial charge in [-0.1, -0.05) is 56.3 Å². The number of nitrogens with zero attached hydrogens (tertiary/aromatic N) is 3. The Labute approximate surface area is 142 Å². The van der Waals surface area contributed by atoms with Crippen LogP contribution in [0.25, 0.3) is 0 Å². The van der Waals surface area contributed by atoms with Crippen LogP contribution in [0.4, 0.5) is 0 Å². The first-order valence-electron chi connectivity index (χ1n) is 8.41. The maximum atomic E-state index is 10.2. The normalized spacial score (nSPS) is 24.4. The van der Waals surface area contributed by atoms with Gasteiger partial charge in [-0.05, 0) is 5.56 Å². The zero-order valence-corrected chi connectivity index (χ0v) is 14.5. The second-order valence-corrected chi connectivity index (χ2v) is 7.41.